The van der Waals surface area contributed by atoms with E-state index in [2.05, 4.69) is 10.3 Å². The van der Waals surface area contributed by atoms with Gasteiger partial charge in [-0.1, -0.05) is 11.6 Å². The minimum Gasteiger partial charge on any atom is -0.372 e. The van der Waals surface area contributed by atoms with Gasteiger partial charge in [0.25, 0.3) is 5.91 Å². The molecule has 5 nitrogen and oxygen atoms in total. The average Bonchev–Trinajstić information content (AvgIpc) is 2.39. The topological polar surface area (TPSA) is 54.5 Å². The Hall–Kier alpha value is -1.33. The van der Waals surface area contributed by atoms with Crippen molar-refractivity contribution in [1.29, 1.82) is 0 Å². The molecule has 2 atom stereocenters. The summed E-state index contributed by atoms with van der Waals surface area (Å²) in [5.74, 6) is 0.520. The van der Waals surface area contributed by atoms with Crippen molar-refractivity contribution in [3.05, 3.63) is 22.8 Å². The van der Waals surface area contributed by atoms with Gasteiger partial charge in [-0.05, 0) is 32.9 Å². The van der Waals surface area contributed by atoms with Crippen molar-refractivity contribution in [2.24, 2.45) is 0 Å². The van der Waals surface area contributed by atoms with Crippen LogP contribution in [0.4, 0.5) is 5.82 Å². The summed E-state index contributed by atoms with van der Waals surface area (Å²) in [6, 6.07) is 3.47. The number of halogens is 1. The van der Waals surface area contributed by atoms with Crippen molar-refractivity contribution in [3.63, 3.8) is 0 Å². The predicted octanol–water partition coefficient (Wildman–Crippen LogP) is 2.42. The predicted molar refractivity (Wildman–Crippen MR) is 79.3 cm³/mol. The highest BCUT2D eigenvalue weighted by Crippen LogP contribution is 2.20. The third-order valence-corrected chi connectivity index (χ3v) is 3.42. The number of carbonyl (C=O) groups excluding carboxylic acids is 1. The molecule has 0 unspecified atom stereocenters. The van der Waals surface area contributed by atoms with Gasteiger partial charge in [-0.25, -0.2) is 4.98 Å². The number of anilines is 1. The number of ether oxygens (including phenoxy) is 1. The van der Waals surface area contributed by atoms with Gasteiger partial charge in [0.05, 0.1) is 17.2 Å². The molecule has 20 heavy (non-hydrogen) atoms. The minimum atomic E-state index is -0.142. The van der Waals surface area contributed by atoms with E-state index in [9.17, 15) is 4.79 Å². The molecule has 1 aliphatic heterocycles. The van der Waals surface area contributed by atoms with E-state index in [-0.39, 0.29) is 18.1 Å². The van der Waals surface area contributed by atoms with Crippen LogP contribution in [-0.4, -0.2) is 47.6 Å². The third kappa shape index (κ3) is 3.41. The highest BCUT2D eigenvalue weighted by molar-refractivity contribution is 6.33. The zero-order valence-corrected chi connectivity index (χ0v) is 12.8. The highest BCUT2D eigenvalue weighted by atomic mass is 35.5. The maximum atomic E-state index is 12.6. The lowest BCUT2D eigenvalue weighted by molar-refractivity contribution is -0.0587. The fraction of sp³-hybridized carbons (Fsp3) is 0.571. The third-order valence-electron chi connectivity index (χ3n) is 3.11. The van der Waals surface area contributed by atoms with E-state index in [0.29, 0.717) is 29.6 Å². The van der Waals surface area contributed by atoms with E-state index in [1.165, 1.54) is 0 Å². The molecule has 1 N–H and O–H groups in total. The van der Waals surface area contributed by atoms with Crippen LogP contribution in [0.2, 0.25) is 5.02 Å². The van der Waals surface area contributed by atoms with E-state index < -0.39 is 0 Å². The van der Waals surface area contributed by atoms with E-state index in [4.69, 9.17) is 16.3 Å². The van der Waals surface area contributed by atoms with Crippen LogP contribution in [0.15, 0.2) is 12.1 Å². The number of nitrogens with one attached hydrogen (secondary N) is 1. The number of morpholine rings is 1. The standard InChI is InChI=1S/C14H20ClN3O2/c1-4-16-12-6-5-11(15)13(17-12)14(19)18-7-9(2)20-10(3)8-18/h5-6,9-10H,4,7-8H2,1-3H3,(H,16,17)/t9-,10+. The summed E-state index contributed by atoms with van der Waals surface area (Å²) >= 11 is 6.11. The Labute approximate surface area is 124 Å². The van der Waals surface area contributed by atoms with Gasteiger partial charge in [-0.2, -0.15) is 0 Å². The second kappa shape index (κ2) is 6.41. The number of rotatable bonds is 3. The quantitative estimate of drug-likeness (QED) is 0.931. The molecule has 1 saturated heterocycles. The molecule has 2 heterocycles. The molecule has 1 aliphatic rings. The van der Waals surface area contributed by atoms with Crippen LogP contribution in [0, 0.1) is 0 Å². The van der Waals surface area contributed by atoms with Crippen LogP contribution >= 0.6 is 11.6 Å². The molecule has 1 amide bonds. The minimum absolute atomic E-state index is 0.0263. The summed E-state index contributed by atoms with van der Waals surface area (Å²) in [7, 11) is 0. The summed E-state index contributed by atoms with van der Waals surface area (Å²) < 4.78 is 5.64. The Balaban J connectivity index is 2.21. The Morgan fingerprint density at radius 1 is 1.45 bits per heavy atom. The molecule has 1 fully saturated rings. The lowest BCUT2D eigenvalue weighted by Gasteiger charge is -2.35. The molecule has 0 aliphatic carbocycles. The molecule has 0 aromatic carbocycles. The van der Waals surface area contributed by atoms with Crippen molar-refractivity contribution >= 4 is 23.3 Å². The summed E-state index contributed by atoms with van der Waals surface area (Å²) in [5, 5.41) is 3.46. The molecule has 0 spiro atoms. The summed E-state index contributed by atoms with van der Waals surface area (Å²) in [5.41, 5.74) is 0.298. The van der Waals surface area contributed by atoms with Gasteiger partial charge in [0.2, 0.25) is 0 Å². The lowest BCUT2D eigenvalue weighted by Crippen LogP contribution is -2.48. The Morgan fingerprint density at radius 2 is 2.10 bits per heavy atom. The molecule has 2 rings (SSSR count). The second-order valence-corrected chi connectivity index (χ2v) is 5.43. The highest BCUT2D eigenvalue weighted by Gasteiger charge is 2.28. The molecule has 0 bridgehead atoms. The van der Waals surface area contributed by atoms with Crippen molar-refractivity contribution in [1.82, 2.24) is 9.88 Å². The van der Waals surface area contributed by atoms with E-state index in [1.54, 1.807) is 17.0 Å². The normalized spacial score (nSPS) is 22.7. The van der Waals surface area contributed by atoms with Crippen LogP contribution in [0.25, 0.3) is 0 Å². The molecule has 1 aromatic rings. The molecule has 110 valence electrons. The number of hydrogen-bond donors (Lipinski definition) is 1. The molecular formula is C14H20ClN3O2. The van der Waals surface area contributed by atoms with Crippen molar-refractivity contribution < 1.29 is 9.53 Å². The molecule has 0 saturated carbocycles. The fourth-order valence-corrected chi connectivity index (χ4v) is 2.55. The first-order chi connectivity index (χ1) is 9.51. The molecule has 1 aromatic heterocycles. The van der Waals surface area contributed by atoms with Gasteiger partial charge in [0.1, 0.15) is 11.5 Å². The summed E-state index contributed by atoms with van der Waals surface area (Å²) in [6.07, 6.45) is 0.0526. The first kappa shape index (κ1) is 15.1. The second-order valence-electron chi connectivity index (χ2n) is 5.02. The van der Waals surface area contributed by atoms with Crippen LogP contribution < -0.4 is 5.32 Å². The number of carbonyl (C=O) groups is 1. The van der Waals surface area contributed by atoms with Crippen LogP contribution in [-0.2, 0) is 4.74 Å². The number of nitrogens with zero attached hydrogens (tertiary/aromatic N) is 2. The van der Waals surface area contributed by atoms with Crippen molar-refractivity contribution in [2.75, 3.05) is 25.0 Å². The molecule has 6 heteroatoms. The number of aromatic nitrogens is 1. The van der Waals surface area contributed by atoms with E-state index in [0.717, 1.165) is 6.54 Å². The van der Waals surface area contributed by atoms with Crippen LogP contribution in [0.5, 0.6) is 0 Å². The molecular weight excluding hydrogens is 278 g/mol. The van der Waals surface area contributed by atoms with Gasteiger partial charge >= 0.3 is 0 Å². The van der Waals surface area contributed by atoms with E-state index >= 15 is 0 Å². The van der Waals surface area contributed by atoms with Crippen LogP contribution in [0.1, 0.15) is 31.3 Å². The Morgan fingerprint density at radius 3 is 2.70 bits per heavy atom. The number of amides is 1. The first-order valence-corrected chi connectivity index (χ1v) is 7.24. The SMILES string of the molecule is CCNc1ccc(Cl)c(C(=O)N2C[C@@H](C)O[C@@H](C)C2)n1. The first-order valence-electron chi connectivity index (χ1n) is 6.86. The zero-order chi connectivity index (χ0) is 14.7. The maximum absolute atomic E-state index is 12.6. The van der Waals surface area contributed by atoms with Gasteiger partial charge in [-0.15, -0.1) is 0 Å². The number of hydrogen-bond acceptors (Lipinski definition) is 4. The summed E-state index contributed by atoms with van der Waals surface area (Å²) in [4.78, 5) is 18.6. The largest absolute Gasteiger partial charge is 0.372 e. The van der Waals surface area contributed by atoms with Gasteiger partial charge in [0.15, 0.2) is 0 Å². The smallest absolute Gasteiger partial charge is 0.274 e. The molecule has 0 radical (unpaired) electrons. The van der Waals surface area contributed by atoms with E-state index in [1.807, 2.05) is 20.8 Å². The van der Waals surface area contributed by atoms with Crippen LogP contribution in [0.3, 0.4) is 0 Å². The fourth-order valence-electron chi connectivity index (χ4n) is 2.37. The van der Waals surface area contributed by atoms with Gasteiger partial charge < -0.3 is 15.0 Å². The number of pyridine rings is 1. The Kier molecular flexibility index (Phi) is 4.83. The average molecular weight is 298 g/mol. The van der Waals surface area contributed by atoms with Gasteiger partial charge in [0, 0.05) is 19.6 Å². The zero-order valence-electron chi connectivity index (χ0n) is 12.0. The maximum Gasteiger partial charge on any atom is 0.274 e. The Bertz CT molecular complexity index is 485. The summed E-state index contributed by atoms with van der Waals surface area (Å²) in [6.45, 7) is 7.76. The van der Waals surface area contributed by atoms with Crippen molar-refractivity contribution in [3.8, 4) is 0 Å². The monoisotopic (exact) mass is 297 g/mol. The lowest BCUT2D eigenvalue weighted by atomic mass is 10.2. The van der Waals surface area contributed by atoms with Gasteiger partial charge in [-0.3, -0.25) is 4.79 Å². The van der Waals surface area contributed by atoms with Crippen molar-refractivity contribution in [2.45, 2.75) is 33.0 Å².